The number of benzene rings is 1. The van der Waals surface area contributed by atoms with Crippen LogP contribution in [-0.4, -0.2) is 12.1 Å². The Morgan fingerprint density at radius 3 is 2.53 bits per heavy atom. The van der Waals surface area contributed by atoms with Crippen LogP contribution in [-0.2, 0) is 0 Å². The summed E-state index contributed by atoms with van der Waals surface area (Å²) in [5, 5.41) is 3.76. The van der Waals surface area contributed by atoms with Gasteiger partial charge in [0.15, 0.2) is 0 Å². The molecule has 1 aromatic carbocycles. The molecule has 2 heteroatoms. The third-order valence-electron chi connectivity index (χ3n) is 3.82. The van der Waals surface area contributed by atoms with Gasteiger partial charge in [-0.1, -0.05) is 31.4 Å². The van der Waals surface area contributed by atoms with Crippen LogP contribution in [0.5, 0.6) is 5.75 Å². The second kappa shape index (κ2) is 6.95. The fourth-order valence-corrected chi connectivity index (χ4v) is 2.85. The van der Waals surface area contributed by atoms with E-state index in [1.54, 1.807) is 0 Å². The SMILES string of the molecule is CC(C)Oc1cccc(C(C)NC2CCCCC2)c1. The summed E-state index contributed by atoms with van der Waals surface area (Å²) in [6.07, 6.45) is 7.04. The molecule has 0 bridgehead atoms. The molecule has 0 aliphatic heterocycles. The van der Waals surface area contributed by atoms with Crippen LogP contribution >= 0.6 is 0 Å². The van der Waals surface area contributed by atoms with Crippen LogP contribution in [0.25, 0.3) is 0 Å². The first-order valence-corrected chi connectivity index (χ1v) is 7.68. The maximum Gasteiger partial charge on any atom is 0.120 e. The molecule has 1 aliphatic carbocycles. The van der Waals surface area contributed by atoms with Gasteiger partial charge < -0.3 is 10.1 Å². The quantitative estimate of drug-likeness (QED) is 0.845. The van der Waals surface area contributed by atoms with Crippen molar-refractivity contribution in [3.63, 3.8) is 0 Å². The number of hydrogen-bond donors (Lipinski definition) is 1. The number of hydrogen-bond acceptors (Lipinski definition) is 2. The van der Waals surface area contributed by atoms with E-state index in [9.17, 15) is 0 Å². The molecular weight excluding hydrogens is 234 g/mol. The van der Waals surface area contributed by atoms with Crippen LogP contribution in [0.2, 0.25) is 0 Å². The first-order chi connectivity index (χ1) is 9.15. The minimum Gasteiger partial charge on any atom is -0.491 e. The lowest BCUT2D eigenvalue weighted by atomic mass is 9.94. The van der Waals surface area contributed by atoms with Crippen molar-refractivity contribution < 1.29 is 4.74 Å². The van der Waals surface area contributed by atoms with Crippen molar-refractivity contribution in [1.29, 1.82) is 0 Å². The van der Waals surface area contributed by atoms with E-state index in [1.165, 1.54) is 37.7 Å². The zero-order valence-corrected chi connectivity index (χ0v) is 12.5. The van der Waals surface area contributed by atoms with E-state index in [0.717, 1.165) is 5.75 Å². The van der Waals surface area contributed by atoms with E-state index >= 15 is 0 Å². The second-order valence-corrected chi connectivity index (χ2v) is 5.96. The molecule has 0 heterocycles. The van der Waals surface area contributed by atoms with Crippen molar-refractivity contribution in [2.45, 2.75) is 71.1 Å². The lowest BCUT2D eigenvalue weighted by Gasteiger charge is -2.27. The molecule has 19 heavy (non-hydrogen) atoms. The lowest BCUT2D eigenvalue weighted by Crippen LogP contribution is -2.33. The van der Waals surface area contributed by atoms with Crippen molar-refractivity contribution in [3.05, 3.63) is 29.8 Å². The van der Waals surface area contributed by atoms with Crippen molar-refractivity contribution in [2.75, 3.05) is 0 Å². The maximum absolute atomic E-state index is 5.77. The van der Waals surface area contributed by atoms with E-state index in [-0.39, 0.29) is 6.10 Å². The molecule has 106 valence electrons. The van der Waals surface area contributed by atoms with Gasteiger partial charge in [0.25, 0.3) is 0 Å². The third kappa shape index (κ3) is 4.54. The van der Waals surface area contributed by atoms with Crippen LogP contribution in [0.4, 0.5) is 0 Å². The highest BCUT2D eigenvalue weighted by Crippen LogP contribution is 2.24. The normalized spacial score (nSPS) is 18.5. The Morgan fingerprint density at radius 2 is 1.84 bits per heavy atom. The molecule has 1 atom stereocenters. The molecule has 0 saturated heterocycles. The monoisotopic (exact) mass is 261 g/mol. The third-order valence-corrected chi connectivity index (χ3v) is 3.82. The van der Waals surface area contributed by atoms with E-state index in [0.29, 0.717) is 12.1 Å². The van der Waals surface area contributed by atoms with Gasteiger partial charge in [-0.15, -0.1) is 0 Å². The summed E-state index contributed by atoms with van der Waals surface area (Å²) in [5.74, 6) is 0.977. The van der Waals surface area contributed by atoms with Crippen molar-refractivity contribution in [1.82, 2.24) is 5.32 Å². The minimum absolute atomic E-state index is 0.233. The van der Waals surface area contributed by atoms with Gasteiger partial charge in [-0.3, -0.25) is 0 Å². The van der Waals surface area contributed by atoms with Gasteiger partial charge in [-0.05, 0) is 51.3 Å². The van der Waals surface area contributed by atoms with E-state index in [4.69, 9.17) is 4.74 Å². The Bertz CT molecular complexity index is 383. The predicted octanol–water partition coefficient (Wildman–Crippen LogP) is 4.46. The predicted molar refractivity (Wildman–Crippen MR) is 80.6 cm³/mol. The molecule has 0 aromatic heterocycles. The van der Waals surface area contributed by atoms with Gasteiger partial charge in [0.1, 0.15) is 5.75 Å². The Hall–Kier alpha value is -1.02. The molecule has 2 rings (SSSR count). The summed E-state index contributed by atoms with van der Waals surface area (Å²) in [4.78, 5) is 0. The molecule has 1 aliphatic rings. The number of nitrogens with one attached hydrogen (secondary N) is 1. The van der Waals surface area contributed by atoms with Crippen LogP contribution in [0.1, 0.15) is 64.5 Å². The van der Waals surface area contributed by atoms with Gasteiger partial charge in [0.05, 0.1) is 6.10 Å². The molecule has 0 amide bonds. The average Bonchev–Trinajstić information content (AvgIpc) is 2.39. The first-order valence-electron chi connectivity index (χ1n) is 7.68. The van der Waals surface area contributed by atoms with Crippen LogP contribution in [0.3, 0.4) is 0 Å². The average molecular weight is 261 g/mol. The zero-order chi connectivity index (χ0) is 13.7. The number of rotatable bonds is 5. The minimum atomic E-state index is 0.233. The summed E-state index contributed by atoms with van der Waals surface area (Å²) < 4.78 is 5.77. The standard InChI is InChI=1S/C17H27NO/c1-13(2)19-17-11-7-8-15(12-17)14(3)18-16-9-5-4-6-10-16/h7-8,11-14,16,18H,4-6,9-10H2,1-3H3. The zero-order valence-electron chi connectivity index (χ0n) is 12.5. The van der Waals surface area contributed by atoms with E-state index in [2.05, 4.69) is 44.3 Å². The second-order valence-electron chi connectivity index (χ2n) is 5.96. The molecular formula is C17H27NO. The fraction of sp³-hybridized carbons (Fsp3) is 0.647. The first kappa shape index (κ1) is 14.4. The molecule has 1 aromatic rings. The van der Waals surface area contributed by atoms with Crippen LogP contribution in [0.15, 0.2) is 24.3 Å². The molecule has 1 unspecified atom stereocenters. The van der Waals surface area contributed by atoms with Gasteiger partial charge in [-0.25, -0.2) is 0 Å². The summed E-state index contributed by atoms with van der Waals surface area (Å²) in [5.41, 5.74) is 1.32. The van der Waals surface area contributed by atoms with Crippen molar-refractivity contribution in [3.8, 4) is 5.75 Å². The fourth-order valence-electron chi connectivity index (χ4n) is 2.85. The van der Waals surface area contributed by atoms with Gasteiger partial charge in [-0.2, -0.15) is 0 Å². The van der Waals surface area contributed by atoms with Crippen LogP contribution in [0, 0.1) is 0 Å². The largest absolute Gasteiger partial charge is 0.491 e. The number of ether oxygens (including phenoxy) is 1. The topological polar surface area (TPSA) is 21.3 Å². The lowest BCUT2D eigenvalue weighted by molar-refractivity contribution is 0.242. The Labute approximate surface area is 117 Å². The Kier molecular flexibility index (Phi) is 5.26. The summed E-state index contributed by atoms with van der Waals surface area (Å²) in [7, 11) is 0. The van der Waals surface area contributed by atoms with E-state index < -0.39 is 0 Å². The molecule has 1 N–H and O–H groups in total. The smallest absolute Gasteiger partial charge is 0.120 e. The summed E-state index contributed by atoms with van der Waals surface area (Å²) in [6, 6.07) is 9.58. The Morgan fingerprint density at radius 1 is 1.11 bits per heavy atom. The highest BCUT2D eigenvalue weighted by Gasteiger charge is 2.16. The van der Waals surface area contributed by atoms with Crippen molar-refractivity contribution in [2.24, 2.45) is 0 Å². The molecule has 0 spiro atoms. The maximum atomic E-state index is 5.77. The van der Waals surface area contributed by atoms with Crippen molar-refractivity contribution >= 4 is 0 Å². The molecule has 1 saturated carbocycles. The van der Waals surface area contributed by atoms with Gasteiger partial charge >= 0.3 is 0 Å². The highest BCUT2D eigenvalue weighted by atomic mass is 16.5. The Balaban J connectivity index is 1.95. The van der Waals surface area contributed by atoms with Crippen LogP contribution < -0.4 is 10.1 Å². The van der Waals surface area contributed by atoms with Gasteiger partial charge in [0, 0.05) is 12.1 Å². The highest BCUT2D eigenvalue weighted by molar-refractivity contribution is 5.30. The molecule has 1 fully saturated rings. The summed E-state index contributed by atoms with van der Waals surface area (Å²) in [6.45, 7) is 6.38. The molecule has 0 radical (unpaired) electrons. The summed E-state index contributed by atoms with van der Waals surface area (Å²) >= 11 is 0. The van der Waals surface area contributed by atoms with Gasteiger partial charge in [0.2, 0.25) is 0 Å². The molecule has 2 nitrogen and oxygen atoms in total. The van der Waals surface area contributed by atoms with E-state index in [1.807, 2.05) is 6.07 Å².